The molecular weight excluding hydrogens is 408 g/mol. The molecule has 2 amide bonds. The summed E-state index contributed by atoms with van der Waals surface area (Å²) in [5, 5.41) is 2.90. The third-order valence-electron chi connectivity index (χ3n) is 5.25. The van der Waals surface area contributed by atoms with Crippen molar-refractivity contribution in [3.63, 3.8) is 0 Å². The summed E-state index contributed by atoms with van der Waals surface area (Å²) in [7, 11) is 1.62. The van der Waals surface area contributed by atoms with E-state index in [-0.39, 0.29) is 17.2 Å². The smallest absolute Gasteiger partial charge is 0.251 e. The van der Waals surface area contributed by atoms with Crippen LogP contribution in [0, 0.1) is 0 Å². The second-order valence-corrected chi connectivity index (χ2v) is 8.36. The molecule has 0 radical (unpaired) electrons. The van der Waals surface area contributed by atoms with E-state index in [9.17, 15) is 9.59 Å². The zero-order chi connectivity index (χ0) is 21.6. The van der Waals surface area contributed by atoms with Gasteiger partial charge in [-0.05, 0) is 29.3 Å². The highest BCUT2D eigenvalue weighted by Gasteiger charge is 2.32. The third-order valence-corrected chi connectivity index (χ3v) is 6.51. The summed E-state index contributed by atoms with van der Waals surface area (Å²) in [5.74, 6) is 1.21. The van der Waals surface area contributed by atoms with Gasteiger partial charge < -0.3 is 15.0 Å². The molecule has 3 aromatic carbocycles. The molecule has 6 heteroatoms. The molecular formula is C25H24N2O3S. The van der Waals surface area contributed by atoms with Gasteiger partial charge in [-0.25, -0.2) is 0 Å². The lowest BCUT2D eigenvalue weighted by atomic mass is 10.1. The van der Waals surface area contributed by atoms with Crippen LogP contribution >= 0.6 is 11.8 Å². The van der Waals surface area contributed by atoms with E-state index in [0.717, 1.165) is 22.4 Å². The monoisotopic (exact) mass is 432 g/mol. The molecule has 0 aliphatic carbocycles. The Morgan fingerprint density at radius 2 is 1.74 bits per heavy atom. The average molecular weight is 433 g/mol. The molecule has 0 aromatic heterocycles. The summed E-state index contributed by atoms with van der Waals surface area (Å²) in [6.45, 7) is 0.973. The van der Waals surface area contributed by atoms with E-state index in [1.807, 2.05) is 83.8 Å². The Labute approximate surface area is 186 Å². The Hall–Kier alpha value is -3.25. The largest absolute Gasteiger partial charge is 0.496 e. The number of hydrogen-bond acceptors (Lipinski definition) is 4. The number of thioether (sulfide) groups is 1. The summed E-state index contributed by atoms with van der Waals surface area (Å²) >= 11 is 1.62. The predicted molar refractivity (Wildman–Crippen MR) is 123 cm³/mol. The summed E-state index contributed by atoms with van der Waals surface area (Å²) in [6.07, 6.45) is 0. The van der Waals surface area contributed by atoms with E-state index in [0.29, 0.717) is 24.4 Å². The molecule has 1 atom stereocenters. The lowest BCUT2D eigenvalue weighted by molar-refractivity contribution is -0.128. The fraction of sp³-hybridized carbons (Fsp3) is 0.200. The van der Waals surface area contributed by atoms with Gasteiger partial charge in [-0.15, -0.1) is 11.8 Å². The number of rotatable bonds is 7. The Bertz CT molecular complexity index is 1050. The first kappa shape index (κ1) is 21.0. The van der Waals surface area contributed by atoms with Crippen molar-refractivity contribution in [2.24, 2.45) is 0 Å². The summed E-state index contributed by atoms with van der Waals surface area (Å²) in [6, 6.07) is 25.1. The van der Waals surface area contributed by atoms with Gasteiger partial charge in [0, 0.05) is 24.2 Å². The van der Waals surface area contributed by atoms with E-state index in [2.05, 4.69) is 5.32 Å². The molecule has 1 fully saturated rings. The van der Waals surface area contributed by atoms with Crippen LogP contribution in [0.2, 0.25) is 0 Å². The van der Waals surface area contributed by atoms with Gasteiger partial charge in [0.05, 0.1) is 12.9 Å². The van der Waals surface area contributed by atoms with E-state index in [1.54, 1.807) is 18.9 Å². The van der Waals surface area contributed by atoms with Crippen molar-refractivity contribution in [1.82, 2.24) is 10.2 Å². The molecule has 5 nitrogen and oxygen atoms in total. The van der Waals surface area contributed by atoms with Crippen LogP contribution in [-0.4, -0.2) is 29.6 Å². The number of carbonyl (C=O) groups is 2. The van der Waals surface area contributed by atoms with Crippen molar-refractivity contribution in [3.8, 4) is 5.75 Å². The molecule has 3 aromatic rings. The summed E-state index contributed by atoms with van der Waals surface area (Å²) in [4.78, 5) is 26.9. The van der Waals surface area contributed by atoms with Crippen LogP contribution in [-0.2, 0) is 17.9 Å². The van der Waals surface area contributed by atoms with Gasteiger partial charge in [0.15, 0.2) is 0 Å². The molecule has 1 unspecified atom stereocenters. The van der Waals surface area contributed by atoms with Gasteiger partial charge in [0.2, 0.25) is 5.91 Å². The van der Waals surface area contributed by atoms with Gasteiger partial charge in [0.25, 0.3) is 5.91 Å². The Morgan fingerprint density at radius 3 is 2.48 bits per heavy atom. The Balaban J connectivity index is 1.42. The summed E-state index contributed by atoms with van der Waals surface area (Å²) in [5.41, 5.74) is 3.64. The highest BCUT2D eigenvalue weighted by Crippen LogP contribution is 2.39. The highest BCUT2D eigenvalue weighted by molar-refractivity contribution is 8.00. The molecule has 0 spiro atoms. The van der Waals surface area contributed by atoms with E-state index in [1.165, 1.54) is 0 Å². The van der Waals surface area contributed by atoms with Crippen LogP contribution < -0.4 is 10.1 Å². The molecule has 1 N–H and O–H groups in total. The van der Waals surface area contributed by atoms with Crippen molar-refractivity contribution in [2.45, 2.75) is 18.5 Å². The number of carbonyl (C=O) groups excluding carboxylic acids is 2. The van der Waals surface area contributed by atoms with Gasteiger partial charge in [-0.1, -0.05) is 60.7 Å². The highest BCUT2D eigenvalue weighted by atomic mass is 32.2. The minimum absolute atomic E-state index is 0.0432. The van der Waals surface area contributed by atoms with E-state index < -0.39 is 0 Å². The average Bonchev–Trinajstić information content (AvgIpc) is 3.18. The maximum atomic E-state index is 12.6. The number of methoxy groups -OCH3 is 1. The van der Waals surface area contributed by atoms with Crippen LogP contribution in [0.1, 0.15) is 32.4 Å². The lowest BCUT2D eigenvalue weighted by Gasteiger charge is -2.24. The molecule has 4 rings (SSSR count). The number of nitrogens with one attached hydrogen (secondary N) is 1. The standard InChI is InChI=1S/C25H24N2O3S/c1-30-22-10-6-5-9-21(22)15-26-24(29)19-11-13-20(14-12-19)25-27(23(28)17-31-25)16-18-7-3-2-4-8-18/h2-14,25H,15-17H2,1H3,(H,26,29). The van der Waals surface area contributed by atoms with Crippen molar-refractivity contribution in [1.29, 1.82) is 0 Å². The quantitative estimate of drug-likeness (QED) is 0.601. The molecule has 1 saturated heterocycles. The maximum Gasteiger partial charge on any atom is 0.251 e. The number of ether oxygens (including phenoxy) is 1. The SMILES string of the molecule is COc1ccccc1CNC(=O)c1ccc(C2SCC(=O)N2Cc2ccccc2)cc1. The zero-order valence-corrected chi connectivity index (χ0v) is 18.1. The van der Waals surface area contributed by atoms with Crippen molar-refractivity contribution in [3.05, 3.63) is 101 Å². The fourth-order valence-electron chi connectivity index (χ4n) is 3.61. The second kappa shape index (κ2) is 9.71. The minimum Gasteiger partial charge on any atom is -0.496 e. The third kappa shape index (κ3) is 4.91. The number of benzene rings is 3. The molecule has 1 aliphatic rings. The van der Waals surface area contributed by atoms with Crippen LogP contribution in [0.25, 0.3) is 0 Å². The van der Waals surface area contributed by atoms with Crippen LogP contribution in [0.15, 0.2) is 78.9 Å². The molecule has 158 valence electrons. The van der Waals surface area contributed by atoms with Gasteiger partial charge >= 0.3 is 0 Å². The Kier molecular flexibility index (Phi) is 6.57. The van der Waals surface area contributed by atoms with Crippen LogP contribution in [0.4, 0.5) is 0 Å². The minimum atomic E-state index is -0.145. The van der Waals surface area contributed by atoms with Crippen LogP contribution in [0.5, 0.6) is 5.75 Å². The second-order valence-electron chi connectivity index (χ2n) is 7.29. The summed E-state index contributed by atoms with van der Waals surface area (Å²) < 4.78 is 5.33. The molecule has 1 aliphatic heterocycles. The predicted octanol–water partition coefficient (Wildman–Crippen LogP) is 4.40. The first-order valence-corrected chi connectivity index (χ1v) is 11.2. The number of hydrogen-bond donors (Lipinski definition) is 1. The van der Waals surface area contributed by atoms with Gasteiger partial charge in [-0.2, -0.15) is 0 Å². The Morgan fingerprint density at radius 1 is 1.03 bits per heavy atom. The van der Waals surface area contributed by atoms with E-state index >= 15 is 0 Å². The number of nitrogens with zero attached hydrogens (tertiary/aromatic N) is 1. The normalized spacial score (nSPS) is 15.7. The van der Waals surface area contributed by atoms with Gasteiger partial charge in [0.1, 0.15) is 11.1 Å². The fourth-order valence-corrected chi connectivity index (χ4v) is 4.79. The number of amides is 2. The molecule has 1 heterocycles. The van der Waals surface area contributed by atoms with Crippen LogP contribution in [0.3, 0.4) is 0 Å². The molecule has 31 heavy (non-hydrogen) atoms. The zero-order valence-electron chi connectivity index (χ0n) is 17.3. The van der Waals surface area contributed by atoms with Crippen molar-refractivity contribution < 1.29 is 14.3 Å². The van der Waals surface area contributed by atoms with Gasteiger partial charge in [-0.3, -0.25) is 9.59 Å². The molecule has 0 saturated carbocycles. The first-order chi connectivity index (χ1) is 15.2. The van der Waals surface area contributed by atoms with Crippen molar-refractivity contribution in [2.75, 3.05) is 12.9 Å². The topological polar surface area (TPSA) is 58.6 Å². The maximum absolute atomic E-state index is 12.6. The molecule has 0 bridgehead atoms. The lowest BCUT2D eigenvalue weighted by Crippen LogP contribution is -2.27. The first-order valence-electron chi connectivity index (χ1n) is 10.1. The number of para-hydroxylation sites is 1. The van der Waals surface area contributed by atoms with E-state index in [4.69, 9.17) is 4.74 Å². The van der Waals surface area contributed by atoms with Crippen molar-refractivity contribution >= 4 is 23.6 Å².